The third kappa shape index (κ3) is 2.94. The van der Waals surface area contributed by atoms with Gasteiger partial charge in [0.15, 0.2) is 0 Å². The van der Waals surface area contributed by atoms with Crippen LogP contribution in [0.4, 0.5) is 0 Å². The molecule has 0 aromatic rings. The molecule has 3 unspecified atom stereocenters. The zero-order valence-corrected chi connectivity index (χ0v) is 10.2. The summed E-state index contributed by atoms with van der Waals surface area (Å²) in [6, 6.07) is 0.805. The fourth-order valence-electron chi connectivity index (χ4n) is 3.28. The summed E-state index contributed by atoms with van der Waals surface area (Å²) in [4.78, 5) is 2.71. The predicted molar refractivity (Wildman–Crippen MR) is 63.0 cm³/mol. The lowest BCUT2D eigenvalue weighted by Crippen LogP contribution is -2.45. The van der Waals surface area contributed by atoms with E-state index in [1.165, 1.54) is 51.6 Å². The molecule has 2 rings (SSSR count). The molecule has 0 spiro atoms. The first kappa shape index (κ1) is 11.4. The molecule has 2 aliphatic rings. The molecule has 0 aromatic heterocycles. The summed E-state index contributed by atoms with van der Waals surface area (Å²) in [7, 11) is 1.87. The minimum absolute atomic E-state index is 0.515. The van der Waals surface area contributed by atoms with Crippen molar-refractivity contribution in [2.45, 2.75) is 57.6 Å². The van der Waals surface area contributed by atoms with Gasteiger partial charge in [-0.05, 0) is 51.1 Å². The van der Waals surface area contributed by atoms with Crippen molar-refractivity contribution in [3.63, 3.8) is 0 Å². The molecule has 15 heavy (non-hydrogen) atoms. The highest BCUT2D eigenvalue weighted by Crippen LogP contribution is 2.30. The molecule has 2 nitrogen and oxygen atoms in total. The maximum absolute atomic E-state index is 5.56. The van der Waals surface area contributed by atoms with E-state index in [2.05, 4.69) is 11.8 Å². The number of methoxy groups -OCH3 is 1. The zero-order valence-electron chi connectivity index (χ0n) is 10.2. The molecule has 0 amide bonds. The Hall–Kier alpha value is -0.0800. The SMILES string of the molecule is COC1CC(C)CC(N2CCCCC2)C1. The van der Waals surface area contributed by atoms with Crippen LogP contribution in [0.25, 0.3) is 0 Å². The molecule has 3 atom stereocenters. The minimum Gasteiger partial charge on any atom is -0.381 e. The van der Waals surface area contributed by atoms with E-state index < -0.39 is 0 Å². The average Bonchev–Trinajstić information content (AvgIpc) is 2.29. The molecule has 88 valence electrons. The molecule has 2 fully saturated rings. The Balaban J connectivity index is 1.89. The number of hydrogen-bond acceptors (Lipinski definition) is 2. The van der Waals surface area contributed by atoms with E-state index in [4.69, 9.17) is 4.74 Å². The maximum atomic E-state index is 5.56. The van der Waals surface area contributed by atoms with Crippen LogP contribution in [0.15, 0.2) is 0 Å². The van der Waals surface area contributed by atoms with Gasteiger partial charge in [0.25, 0.3) is 0 Å². The van der Waals surface area contributed by atoms with E-state index >= 15 is 0 Å². The van der Waals surface area contributed by atoms with Crippen LogP contribution in [0.3, 0.4) is 0 Å². The van der Waals surface area contributed by atoms with Crippen LogP contribution in [0.2, 0.25) is 0 Å². The quantitative estimate of drug-likeness (QED) is 0.696. The van der Waals surface area contributed by atoms with Crippen LogP contribution in [0.5, 0.6) is 0 Å². The summed E-state index contributed by atoms with van der Waals surface area (Å²) >= 11 is 0. The van der Waals surface area contributed by atoms with Crippen molar-refractivity contribution in [3.8, 4) is 0 Å². The first-order valence-electron chi connectivity index (χ1n) is 6.56. The van der Waals surface area contributed by atoms with Crippen molar-refractivity contribution in [3.05, 3.63) is 0 Å². The van der Waals surface area contributed by atoms with E-state index in [1.54, 1.807) is 0 Å². The second-order valence-electron chi connectivity index (χ2n) is 5.42. The normalized spacial score (nSPS) is 39.2. The number of rotatable bonds is 2. The lowest BCUT2D eigenvalue weighted by atomic mass is 9.83. The van der Waals surface area contributed by atoms with E-state index in [-0.39, 0.29) is 0 Å². The Morgan fingerprint density at radius 1 is 1.00 bits per heavy atom. The van der Waals surface area contributed by atoms with Crippen molar-refractivity contribution in [1.29, 1.82) is 0 Å². The van der Waals surface area contributed by atoms with Crippen molar-refractivity contribution in [2.24, 2.45) is 5.92 Å². The summed E-state index contributed by atoms with van der Waals surface area (Å²) < 4.78 is 5.56. The molecule has 1 saturated heterocycles. The fraction of sp³-hybridized carbons (Fsp3) is 1.00. The third-order valence-electron chi connectivity index (χ3n) is 4.12. The van der Waals surface area contributed by atoms with Crippen LogP contribution in [0.1, 0.15) is 45.4 Å². The summed E-state index contributed by atoms with van der Waals surface area (Å²) in [5, 5.41) is 0. The lowest BCUT2D eigenvalue weighted by Gasteiger charge is -2.41. The molecule has 0 N–H and O–H groups in total. The number of piperidine rings is 1. The molecule has 0 bridgehead atoms. The highest BCUT2D eigenvalue weighted by Gasteiger charge is 2.30. The standard InChI is InChI=1S/C13H25NO/c1-11-8-12(10-13(9-11)15-2)14-6-4-3-5-7-14/h11-13H,3-10H2,1-2H3. The number of likely N-dealkylation sites (tertiary alicyclic amines) is 1. The van der Waals surface area contributed by atoms with Gasteiger partial charge in [0.05, 0.1) is 6.10 Å². The topological polar surface area (TPSA) is 12.5 Å². The number of ether oxygens (including phenoxy) is 1. The van der Waals surface area contributed by atoms with E-state index in [1.807, 2.05) is 7.11 Å². The highest BCUT2D eigenvalue weighted by molar-refractivity contribution is 4.85. The maximum Gasteiger partial charge on any atom is 0.0588 e. The largest absolute Gasteiger partial charge is 0.381 e. The van der Waals surface area contributed by atoms with Gasteiger partial charge in [-0.2, -0.15) is 0 Å². The van der Waals surface area contributed by atoms with Crippen LogP contribution in [-0.4, -0.2) is 37.2 Å². The van der Waals surface area contributed by atoms with Crippen molar-refractivity contribution >= 4 is 0 Å². The van der Waals surface area contributed by atoms with E-state index in [0.717, 1.165) is 12.0 Å². The van der Waals surface area contributed by atoms with E-state index in [0.29, 0.717) is 6.10 Å². The molecule has 0 radical (unpaired) electrons. The van der Waals surface area contributed by atoms with Gasteiger partial charge >= 0.3 is 0 Å². The van der Waals surface area contributed by atoms with E-state index in [9.17, 15) is 0 Å². The summed E-state index contributed by atoms with van der Waals surface area (Å²) in [6.45, 7) is 5.03. The van der Waals surface area contributed by atoms with Gasteiger partial charge in [-0.15, -0.1) is 0 Å². The van der Waals surface area contributed by atoms with Crippen LogP contribution < -0.4 is 0 Å². The second-order valence-corrected chi connectivity index (χ2v) is 5.42. The van der Waals surface area contributed by atoms with Crippen LogP contribution in [0, 0.1) is 5.92 Å². The van der Waals surface area contributed by atoms with Gasteiger partial charge in [-0.25, -0.2) is 0 Å². The Kier molecular flexibility index (Phi) is 4.04. The number of hydrogen-bond donors (Lipinski definition) is 0. The van der Waals surface area contributed by atoms with Gasteiger partial charge in [-0.3, -0.25) is 0 Å². The lowest BCUT2D eigenvalue weighted by molar-refractivity contribution is 0.00492. The first-order valence-corrected chi connectivity index (χ1v) is 6.56. The average molecular weight is 211 g/mol. The second kappa shape index (κ2) is 5.31. The molecule has 1 aliphatic heterocycles. The fourth-order valence-corrected chi connectivity index (χ4v) is 3.28. The van der Waals surface area contributed by atoms with Crippen molar-refractivity contribution < 1.29 is 4.74 Å². The molecule has 1 saturated carbocycles. The van der Waals surface area contributed by atoms with Gasteiger partial charge in [-0.1, -0.05) is 13.3 Å². The van der Waals surface area contributed by atoms with Gasteiger partial charge in [0, 0.05) is 13.2 Å². The molecular weight excluding hydrogens is 186 g/mol. The monoisotopic (exact) mass is 211 g/mol. The molecule has 1 heterocycles. The third-order valence-corrected chi connectivity index (χ3v) is 4.12. The Morgan fingerprint density at radius 3 is 2.40 bits per heavy atom. The smallest absolute Gasteiger partial charge is 0.0588 e. The van der Waals surface area contributed by atoms with Crippen molar-refractivity contribution in [1.82, 2.24) is 4.90 Å². The van der Waals surface area contributed by atoms with Crippen LogP contribution >= 0.6 is 0 Å². The molecule has 0 aromatic carbocycles. The Morgan fingerprint density at radius 2 is 1.73 bits per heavy atom. The minimum atomic E-state index is 0.515. The first-order chi connectivity index (χ1) is 7.29. The molecule has 2 heteroatoms. The molecular formula is C13H25NO. The van der Waals surface area contributed by atoms with Gasteiger partial charge in [0.2, 0.25) is 0 Å². The predicted octanol–water partition coefficient (Wildman–Crippen LogP) is 2.68. The van der Waals surface area contributed by atoms with Gasteiger partial charge in [0.1, 0.15) is 0 Å². The summed E-state index contributed by atoms with van der Waals surface area (Å²) in [5.41, 5.74) is 0. The number of nitrogens with zero attached hydrogens (tertiary/aromatic N) is 1. The summed E-state index contributed by atoms with van der Waals surface area (Å²) in [6.07, 6.45) is 8.68. The van der Waals surface area contributed by atoms with Crippen LogP contribution in [-0.2, 0) is 4.74 Å². The highest BCUT2D eigenvalue weighted by atomic mass is 16.5. The zero-order chi connectivity index (χ0) is 10.7. The Bertz CT molecular complexity index is 189. The summed E-state index contributed by atoms with van der Waals surface area (Å²) in [5.74, 6) is 0.843. The van der Waals surface area contributed by atoms with Crippen molar-refractivity contribution in [2.75, 3.05) is 20.2 Å². The van der Waals surface area contributed by atoms with Gasteiger partial charge < -0.3 is 9.64 Å². The molecule has 1 aliphatic carbocycles. The Labute approximate surface area is 94.0 Å².